The van der Waals surface area contributed by atoms with Gasteiger partial charge in [0.15, 0.2) is 5.78 Å². The molecule has 2 heteroatoms. The molecule has 0 unspecified atom stereocenters. The molecule has 0 aliphatic heterocycles. The third kappa shape index (κ3) is 2.75. The molecule has 0 saturated heterocycles. The van der Waals surface area contributed by atoms with Crippen LogP contribution in [0.4, 0.5) is 0 Å². The summed E-state index contributed by atoms with van der Waals surface area (Å²) in [5, 5.41) is 10.2. The maximum Gasteiger partial charge on any atom is 0.155 e. The predicted octanol–water partition coefficient (Wildman–Crippen LogP) is 4.05. The normalized spacial score (nSPS) is 45.5. The lowest BCUT2D eigenvalue weighted by atomic mass is 9.55. The Morgan fingerprint density at radius 1 is 1.24 bits per heavy atom. The number of hydrogen-bond donors (Lipinski definition) is 1. The van der Waals surface area contributed by atoms with Gasteiger partial charge in [0.1, 0.15) is 0 Å². The molecule has 2 nitrogen and oxygen atoms in total. The zero-order chi connectivity index (χ0) is 15.0. The van der Waals surface area contributed by atoms with Gasteiger partial charge in [-0.15, -0.1) is 0 Å². The van der Waals surface area contributed by atoms with Crippen molar-refractivity contribution >= 4 is 5.78 Å². The van der Waals surface area contributed by atoms with Gasteiger partial charge in [-0.2, -0.15) is 0 Å². The molecule has 3 aliphatic carbocycles. The molecule has 3 aliphatic rings. The number of hydrogen-bond acceptors (Lipinski definition) is 2. The largest absolute Gasteiger partial charge is 0.393 e. The number of ketones is 1. The third-order valence-electron chi connectivity index (χ3n) is 6.39. The van der Waals surface area contributed by atoms with Crippen molar-refractivity contribution in [3.05, 3.63) is 23.8 Å². The topological polar surface area (TPSA) is 37.3 Å². The van der Waals surface area contributed by atoms with Crippen LogP contribution in [0.1, 0.15) is 58.8 Å². The summed E-state index contributed by atoms with van der Waals surface area (Å²) in [6.07, 6.45) is 13.4. The average molecular weight is 288 g/mol. The molecule has 0 aromatic rings. The van der Waals surface area contributed by atoms with Gasteiger partial charge in [-0.3, -0.25) is 4.79 Å². The van der Waals surface area contributed by atoms with E-state index in [1.165, 1.54) is 18.4 Å². The Bertz CT molecular complexity index is 476. The summed E-state index contributed by atoms with van der Waals surface area (Å²) >= 11 is 0. The first-order valence-corrected chi connectivity index (χ1v) is 8.59. The van der Waals surface area contributed by atoms with E-state index in [1.54, 1.807) is 0 Å². The molecule has 21 heavy (non-hydrogen) atoms. The van der Waals surface area contributed by atoms with Crippen molar-refractivity contribution < 1.29 is 9.90 Å². The molecular formula is C19H28O2. The Morgan fingerprint density at radius 2 is 2.05 bits per heavy atom. The smallest absolute Gasteiger partial charge is 0.155 e. The zero-order valence-electron chi connectivity index (χ0n) is 13.3. The number of fused-ring (bicyclic) bond motifs is 3. The van der Waals surface area contributed by atoms with Crippen LogP contribution in [-0.2, 0) is 4.79 Å². The van der Waals surface area contributed by atoms with Gasteiger partial charge in [0.25, 0.3) is 0 Å². The highest BCUT2D eigenvalue weighted by Crippen LogP contribution is 2.54. The first kappa shape index (κ1) is 15.0. The van der Waals surface area contributed by atoms with Gasteiger partial charge >= 0.3 is 0 Å². The monoisotopic (exact) mass is 288 g/mol. The van der Waals surface area contributed by atoms with Crippen molar-refractivity contribution in [2.24, 2.45) is 23.2 Å². The quantitative estimate of drug-likeness (QED) is 0.683. The van der Waals surface area contributed by atoms with Crippen LogP contribution in [0.5, 0.6) is 0 Å². The zero-order valence-corrected chi connectivity index (χ0v) is 13.3. The first-order valence-electron chi connectivity index (χ1n) is 8.59. The number of aliphatic hydroxyl groups is 1. The van der Waals surface area contributed by atoms with Crippen LogP contribution < -0.4 is 0 Å². The fraction of sp³-hybridized carbons (Fsp3) is 0.737. The molecule has 3 rings (SSSR count). The third-order valence-corrected chi connectivity index (χ3v) is 6.39. The van der Waals surface area contributed by atoms with Gasteiger partial charge in [-0.1, -0.05) is 31.6 Å². The summed E-state index contributed by atoms with van der Waals surface area (Å²) in [5.74, 6) is 1.95. The summed E-state index contributed by atoms with van der Waals surface area (Å²) in [6.45, 7) is 4.56. The minimum Gasteiger partial charge on any atom is -0.393 e. The summed E-state index contributed by atoms with van der Waals surface area (Å²) in [5.41, 5.74) is 1.61. The van der Waals surface area contributed by atoms with Crippen LogP contribution in [0.3, 0.4) is 0 Å². The summed E-state index contributed by atoms with van der Waals surface area (Å²) in [4.78, 5) is 11.8. The second kappa shape index (κ2) is 5.72. The van der Waals surface area contributed by atoms with E-state index in [-0.39, 0.29) is 11.5 Å². The number of rotatable bonds is 0. The molecule has 1 saturated carbocycles. The molecule has 0 aromatic carbocycles. The van der Waals surface area contributed by atoms with E-state index in [0.29, 0.717) is 30.0 Å². The standard InChI is InChI=1S/C19H28O2/c1-13-6-9-17-14(4-3-5-18(13)21)7-8-15-12-16(20)10-11-19(15,17)2/h3-4,12-14,17-18,21H,5-11H2,1-2H3/b4-3+/t13-,14+,17-,18+,19-/m0/s1. The Hall–Kier alpha value is -0.890. The van der Waals surface area contributed by atoms with Crippen molar-refractivity contribution in [2.75, 3.05) is 0 Å². The fourth-order valence-electron chi connectivity index (χ4n) is 4.77. The van der Waals surface area contributed by atoms with E-state index in [0.717, 1.165) is 25.7 Å². The number of aliphatic hydroxyl groups excluding tert-OH is 1. The number of allylic oxidation sites excluding steroid dienone is 3. The molecule has 0 amide bonds. The van der Waals surface area contributed by atoms with Crippen molar-refractivity contribution in [1.82, 2.24) is 0 Å². The van der Waals surface area contributed by atoms with E-state index in [2.05, 4.69) is 26.0 Å². The SMILES string of the molecule is C[C@H]1CC[C@H]2[C@H](/C=C/C[C@H]1O)CCC1=CC(=O)CC[C@@]12C. The minimum absolute atomic E-state index is 0.197. The predicted molar refractivity (Wildman–Crippen MR) is 84.8 cm³/mol. The molecular weight excluding hydrogens is 260 g/mol. The van der Waals surface area contributed by atoms with Crippen LogP contribution in [-0.4, -0.2) is 17.0 Å². The molecule has 0 spiro atoms. The first-order chi connectivity index (χ1) is 10.0. The molecule has 1 N–H and O–H groups in total. The maximum atomic E-state index is 11.8. The maximum absolute atomic E-state index is 11.8. The fourth-order valence-corrected chi connectivity index (χ4v) is 4.77. The van der Waals surface area contributed by atoms with E-state index in [4.69, 9.17) is 0 Å². The Labute approximate surface area is 128 Å². The van der Waals surface area contributed by atoms with Crippen molar-refractivity contribution in [1.29, 1.82) is 0 Å². The van der Waals surface area contributed by atoms with Crippen LogP contribution in [0, 0.1) is 23.2 Å². The molecule has 0 bridgehead atoms. The van der Waals surface area contributed by atoms with Crippen molar-refractivity contribution in [2.45, 2.75) is 64.9 Å². The molecule has 5 atom stereocenters. The molecule has 116 valence electrons. The molecule has 0 aromatic heterocycles. The molecule has 1 fully saturated rings. The second-order valence-electron chi connectivity index (χ2n) is 7.65. The Morgan fingerprint density at radius 3 is 2.86 bits per heavy atom. The number of carbonyl (C=O) groups excluding carboxylic acids is 1. The highest BCUT2D eigenvalue weighted by atomic mass is 16.3. The van der Waals surface area contributed by atoms with Crippen molar-refractivity contribution in [3.63, 3.8) is 0 Å². The van der Waals surface area contributed by atoms with Crippen LogP contribution >= 0.6 is 0 Å². The average Bonchev–Trinajstić information content (AvgIpc) is 2.52. The van der Waals surface area contributed by atoms with Gasteiger partial charge < -0.3 is 5.11 Å². The lowest BCUT2D eigenvalue weighted by Gasteiger charge is -2.49. The van der Waals surface area contributed by atoms with Gasteiger partial charge in [-0.25, -0.2) is 0 Å². The minimum atomic E-state index is -0.197. The van der Waals surface area contributed by atoms with E-state index >= 15 is 0 Å². The van der Waals surface area contributed by atoms with Crippen LogP contribution in [0.25, 0.3) is 0 Å². The van der Waals surface area contributed by atoms with Gasteiger partial charge in [0.05, 0.1) is 6.10 Å². The van der Waals surface area contributed by atoms with Gasteiger partial charge in [0.2, 0.25) is 0 Å². The lowest BCUT2D eigenvalue weighted by Crippen LogP contribution is -2.41. The summed E-state index contributed by atoms with van der Waals surface area (Å²) < 4.78 is 0. The summed E-state index contributed by atoms with van der Waals surface area (Å²) in [7, 11) is 0. The highest BCUT2D eigenvalue weighted by Gasteiger charge is 2.46. The van der Waals surface area contributed by atoms with E-state index < -0.39 is 0 Å². The van der Waals surface area contributed by atoms with Crippen LogP contribution in [0.15, 0.2) is 23.8 Å². The van der Waals surface area contributed by atoms with E-state index in [9.17, 15) is 9.90 Å². The van der Waals surface area contributed by atoms with Crippen molar-refractivity contribution in [3.8, 4) is 0 Å². The highest BCUT2D eigenvalue weighted by molar-refractivity contribution is 5.91. The molecule has 0 radical (unpaired) electrons. The van der Waals surface area contributed by atoms with Gasteiger partial charge in [-0.05, 0) is 67.8 Å². The summed E-state index contributed by atoms with van der Waals surface area (Å²) in [6, 6.07) is 0. The van der Waals surface area contributed by atoms with Crippen LogP contribution in [0.2, 0.25) is 0 Å². The Kier molecular flexibility index (Phi) is 4.09. The second-order valence-corrected chi connectivity index (χ2v) is 7.65. The van der Waals surface area contributed by atoms with Gasteiger partial charge in [0, 0.05) is 6.42 Å². The molecule has 0 heterocycles. The Balaban J connectivity index is 1.90. The lowest BCUT2D eigenvalue weighted by molar-refractivity contribution is -0.116. The van der Waals surface area contributed by atoms with E-state index in [1.807, 2.05) is 6.08 Å². The number of carbonyl (C=O) groups is 1.